The van der Waals surface area contributed by atoms with E-state index in [1.165, 1.54) is 0 Å². The van der Waals surface area contributed by atoms with Gasteiger partial charge in [-0.05, 0) is 11.2 Å². The minimum Gasteiger partial charge on any atom is -0.505 e. The van der Waals surface area contributed by atoms with Crippen LogP contribution < -0.4 is 10.4 Å². The summed E-state index contributed by atoms with van der Waals surface area (Å²) in [6, 6.07) is 1.61. The van der Waals surface area contributed by atoms with E-state index in [9.17, 15) is 10.0 Å². The zero-order valence-corrected chi connectivity index (χ0v) is 11.0. The highest BCUT2D eigenvalue weighted by Gasteiger charge is 2.13. The predicted molar refractivity (Wildman–Crippen MR) is 76.9 cm³/mol. The molecule has 0 unspecified atom stereocenters. The van der Waals surface area contributed by atoms with Crippen LogP contribution in [0.3, 0.4) is 0 Å². The lowest BCUT2D eigenvalue weighted by atomic mass is 10.1. The maximum absolute atomic E-state index is 11.0. The molecule has 6 nitrogen and oxygen atoms in total. The van der Waals surface area contributed by atoms with Crippen molar-refractivity contribution in [3.8, 4) is 5.75 Å². The summed E-state index contributed by atoms with van der Waals surface area (Å²) in [4.78, 5) is 17.2. The van der Waals surface area contributed by atoms with Crippen LogP contribution in [0.5, 0.6) is 5.75 Å². The maximum Gasteiger partial charge on any atom is 0.150 e. The van der Waals surface area contributed by atoms with Crippen LogP contribution in [0.15, 0.2) is 16.2 Å². The summed E-state index contributed by atoms with van der Waals surface area (Å²) in [5, 5.41) is 14.5. The number of aliphatic imine (C=N–C) groups is 1. The van der Waals surface area contributed by atoms with Gasteiger partial charge >= 0.3 is 0 Å². The van der Waals surface area contributed by atoms with Gasteiger partial charge in [0, 0.05) is 42.4 Å². The summed E-state index contributed by atoms with van der Waals surface area (Å²) < 4.78 is 5.28. The molecule has 0 radical (unpaired) electrons. The van der Waals surface area contributed by atoms with Crippen LogP contribution >= 0.6 is 0 Å². The molecule has 1 aromatic rings. The van der Waals surface area contributed by atoms with Gasteiger partial charge in [0.05, 0.1) is 13.2 Å². The quantitative estimate of drug-likeness (QED) is 0.807. The third-order valence-corrected chi connectivity index (χ3v) is 3.43. The number of morpholine rings is 1. The van der Waals surface area contributed by atoms with Gasteiger partial charge in [0.1, 0.15) is 11.4 Å². The summed E-state index contributed by atoms with van der Waals surface area (Å²) in [6.07, 6.45) is 6.02. The Hall–Kier alpha value is -2.21. The first-order chi connectivity index (χ1) is 9.79. The molecule has 104 valence electrons. The van der Waals surface area contributed by atoms with Crippen LogP contribution in [-0.4, -0.2) is 42.5 Å². The lowest BCUT2D eigenvalue weighted by Gasteiger charge is -2.25. The molecule has 6 heteroatoms. The number of nitrogens with zero attached hydrogens (tertiary/aromatic N) is 3. The molecule has 0 atom stereocenters. The van der Waals surface area contributed by atoms with Gasteiger partial charge in [-0.1, -0.05) is 6.08 Å². The summed E-state index contributed by atoms with van der Waals surface area (Å²) in [5.41, 5.74) is 0.738. The Kier molecular flexibility index (Phi) is 3.47. The number of hydrogen-bond donors (Lipinski definition) is 1. The third-order valence-electron chi connectivity index (χ3n) is 3.43. The molecule has 0 aromatic heterocycles. The fraction of sp³-hybridized carbons (Fsp3) is 0.357. The average Bonchev–Trinajstić information content (AvgIpc) is 2.51. The number of fused-ring (bicyclic) bond motifs is 1. The second kappa shape index (κ2) is 5.42. The second-order valence-electron chi connectivity index (χ2n) is 4.72. The zero-order chi connectivity index (χ0) is 13.9. The molecular formula is C14H15N3O3. The zero-order valence-electron chi connectivity index (χ0n) is 11.0. The van der Waals surface area contributed by atoms with Crippen LogP contribution in [0.25, 0.3) is 12.3 Å². The molecule has 0 saturated carbocycles. The molecule has 0 bridgehead atoms. The van der Waals surface area contributed by atoms with Crippen LogP contribution in [-0.2, 0) is 4.74 Å². The Balaban J connectivity index is 2.14. The monoisotopic (exact) mass is 273 g/mol. The Morgan fingerprint density at radius 3 is 2.95 bits per heavy atom. The molecule has 2 aliphatic heterocycles. The largest absolute Gasteiger partial charge is 0.505 e. The molecule has 1 fully saturated rings. The first kappa shape index (κ1) is 12.8. The van der Waals surface area contributed by atoms with Gasteiger partial charge in [-0.2, -0.15) is 0 Å². The maximum atomic E-state index is 11.0. The molecule has 0 aliphatic carbocycles. The van der Waals surface area contributed by atoms with Crippen LogP contribution in [0.2, 0.25) is 0 Å². The molecule has 0 amide bonds. The van der Waals surface area contributed by atoms with Crippen molar-refractivity contribution in [3.05, 3.63) is 21.4 Å². The number of rotatable bonds is 2. The van der Waals surface area contributed by atoms with Crippen molar-refractivity contribution in [1.29, 1.82) is 0 Å². The van der Waals surface area contributed by atoms with Gasteiger partial charge in [-0.3, -0.25) is 4.99 Å². The molecule has 20 heavy (non-hydrogen) atoms. The van der Waals surface area contributed by atoms with Crippen molar-refractivity contribution in [2.45, 2.75) is 6.42 Å². The molecule has 1 saturated heterocycles. The number of hydrogen-bond acceptors (Lipinski definition) is 6. The van der Waals surface area contributed by atoms with E-state index in [0.717, 1.165) is 13.1 Å². The first-order valence-electron chi connectivity index (χ1n) is 6.55. The van der Waals surface area contributed by atoms with E-state index in [1.54, 1.807) is 12.3 Å². The number of phenolic OH excluding ortho intramolecular Hbond substituents is 1. The van der Waals surface area contributed by atoms with Gasteiger partial charge in [0.25, 0.3) is 0 Å². The van der Waals surface area contributed by atoms with E-state index < -0.39 is 0 Å². The summed E-state index contributed by atoms with van der Waals surface area (Å²) in [5.74, 6) is 0.0890. The van der Waals surface area contributed by atoms with Gasteiger partial charge in [-0.25, -0.2) is 0 Å². The Morgan fingerprint density at radius 2 is 2.20 bits per heavy atom. The topological polar surface area (TPSA) is 74.5 Å². The van der Waals surface area contributed by atoms with E-state index in [0.29, 0.717) is 41.4 Å². The highest BCUT2D eigenvalue weighted by Crippen LogP contribution is 2.23. The fourth-order valence-corrected chi connectivity index (χ4v) is 2.40. The van der Waals surface area contributed by atoms with E-state index >= 15 is 0 Å². The fourth-order valence-electron chi connectivity index (χ4n) is 2.40. The summed E-state index contributed by atoms with van der Waals surface area (Å²) in [6.45, 7) is 2.84. The molecule has 2 aliphatic rings. The van der Waals surface area contributed by atoms with Crippen molar-refractivity contribution >= 4 is 29.9 Å². The van der Waals surface area contributed by atoms with E-state index in [4.69, 9.17) is 4.74 Å². The van der Waals surface area contributed by atoms with Gasteiger partial charge in [0.2, 0.25) is 0 Å². The van der Waals surface area contributed by atoms with Gasteiger partial charge < -0.3 is 14.7 Å². The average molecular weight is 273 g/mol. The number of ether oxygens (including phenoxy) is 1. The summed E-state index contributed by atoms with van der Waals surface area (Å²) >= 11 is 0. The van der Waals surface area contributed by atoms with Crippen LogP contribution in [0.1, 0.15) is 6.42 Å². The number of aromatic hydroxyl groups is 1. The number of phenols is 1. The van der Waals surface area contributed by atoms with Gasteiger partial charge in [-0.15, -0.1) is 4.91 Å². The van der Waals surface area contributed by atoms with Crippen molar-refractivity contribution in [2.75, 3.05) is 26.3 Å². The minimum absolute atomic E-state index is 0.0890. The van der Waals surface area contributed by atoms with Crippen molar-refractivity contribution in [3.63, 3.8) is 0 Å². The molecule has 2 heterocycles. The van der Waals surface area contributed by atoms with Crippen LogP contribution in [0.4, 0.5) is 11.4 Å². The van der Waals surface area contributed by atoms with Crippen LogP contribution in [0, 0.1) is 4.91 Å². The molecule has 1 N–H and O–H groups in total. The Bertz CT molecular complexity index is 676. The van der Waals surface area contributed by atoms with E-state index in [1.807, 2.05) is 12.3 Å². The van der Waals surface area contributed by atoms with E-state index in [2.05, 4.69) is 15.1 Å². The SMILES string of the molecule is O=Nc1cc(=CN2CCOCC2)c(O)c2c1=CCC=N2. The molecule has 1 aromatic carbocycles. The number of benzene rings is 1. The molecular weight excluding hydrogens is 258 g/mol. The minimum atomic E-state index is 0.0890. The normalized spacial score (nSPS) is 18.6. The smallest absolute Gasteiger partial charge is 0.150 e. The lowest BCUT2D eigenvalue weighted by Crippen LogP contribution is -2.33. The highest BCUT2D eigenvalue weighted by molar-refractivity contribution is 5.79. The highest BCUT2D eigenvalue weighted by atomic mass is 16.5. The van der Waals surface area contributed by atoms with Crippen molar-refractivity contribution in [1.82, 2.24) is 4.90 Å². The summed E-state index contributed by atoms with van der Waals surface area (Å²) in [7, 11) is 0. The predicted octanol–water partition coefficient (Wildman–Crippen LogP) is 0.747. The van der Waals surface area contributed by atoms with Crippen molar-refractivity contribution < 1.29 is 9.84 Å². The molecule has 3 rings (SSSR count). The van der Waals surface area contributed by atoms with Crippen molar-refractivity contribution in [2.24, 2.45) is 10.2 Å². The second-order valence-corrected chi connectivity index (χ2v) is 4.72. The molecule has 0 spiro atoms. The Morgan fingerprint density at radius 1 is 1.40 bits per heavy atom. The van der Waals surface area contributed by atoms with Gasteiger partial charge in [0.15, 0.2) is 5.75 Å². The van der Waals surface area contributed by atoms with E-state index in [-0.39, 0.29) is 5.75 Å². The third kappa shape index (κ3) is 2.30. The Labute approximate surface area is 115 Å². The standard InChI is InChI=1S/C14H15N3O3/c18-14-10(9-17-4-6-20-7-5-17)8-12(16-19)11-2-1-3-15-13(11)14/h2-3,8-9,18H,1,4-7H2. The lowest BCUT2D eigenvalue weighted by molar-refractivity contribution is 0.0662. The first-order valence-corrected chi connectivity index (χ1v) is 6.55. The number of nitroso groups, excluding NO2 is 1.